The van der Waals surface area contributed by atoms with E-state index in [4.69, 9.17) is 0 Å². The Morgan fingerprint density at radius 3 is 3.00 bits per heavy atom. The molecule has 20 heavy (non-hydrogen) atoms. The minimum atomic E-state index is 0.416. The Morgan fingerprint density at radius 2 is 2.10 bits per heavy atom. The topological polar surface area (TPSA) is 44.0 Å². The molecule has 2 aromatic heterocycles. The molecule has 3 heterocycles. The SMILES string of the molecule is CN1CCNC(c2ccc3[nH]c4ccncc4c3c2)C1. The average molecular weight is 266 g/mol. The number of H-pyrrole nitrogens is 1. The summed E-state index contributed by atoms with van der Waals surface area (Å²) in [6.07, 6.45) is 3.77. The number of pyridine rings is 1. The summed E-state index contributed by atoms with van der Waals surface area (Å²) in [7, 11) is 2.18. The standard InChI is InChI=1S/C16H18N4/c1-20-7-6-18-16(10-20)11-2-3-14-12(8-11)13-9-17-5-4-15(13)19-14/h2-5,8-9,16,18-19H,6-7,10H2,1H3. The molecule has 0 bridgehead atoms. The highest BCUT2D eigenvalue weighted by molar-refractivity contribution is 6.06. The van der Waals surface area contributed by atoms with Crippen molar-refractivity contribution in [2.45, 2.75) is 6.04 Å². The van der Waals surface area contributed by atoms with E-state index in [1.807, 2.05) is 18.5 Å². The van der Waals surface area contributed by atoms with E-state index < -0.39 is 0 Å². The van der Waals surface area contributed by atoms with Crippen LogP contribution in [0.3, 0.4) is 0 Å². The second-order valence-corrected chi connectivity index (χ2v) is 5.62. The van der Waals surface area contributed by atoms with Crippen LogP contribution in [-0.2, 0) is 0 Å². The molecule has 3 aromatic rings. The number of aromatic amines is 1. The van der Waals surface area contributed by atoms with Gasteiger partial charge in [-0.1, -0.05) is 6.07 Å². The summed E-state index contributed by atoms with van der Waals surface area (Å²) in [6.45, 7) is 3.23. The fraction of sp³-hybridized carbons (Fsp3) is 0.312. The van der Waals surface area contributed by atoms with Gasteiger partial charge >= 0.3 is 0 Å². The van der Waals surface area contributed by atoms with E-state index in [-0.39, 0.29) is 0 Å². The molecule has 1 atom stereocenters. The first-order valence-electron chi connectivity index (χ1n) is 7.08. The third-order valence-corrected chi connectivity index (χ3v) is 4.21. The molecule has 1 aromatic carbocycles. The first kappa shape index (κ1) is 11.9. The maximum Gasteiger partial charge on any atom is 0.0495 e. The fourth-order valence-corrected chi connectivity index (χ4v) is 3.09. The molecule has 4 heteroatoms. The summed E-state index contributed by atoms with van der Waals surface area (Å²) in [5.41, 5.74) is 3.69. The molecular formula is C16H18N4. The van der Waals surface area contributed by atoms with Gasteiger partial charge in [0.15, 0.2) is 0 Å². The lowest BCUT2D eigenvalue weighted by molar-refractivity contribution is 0.241. The lowest BCUT2D eigenvalue weighted by Crippen LogP contribution is -2.43. The van der Waals surface area contributed by atoms with E-state index in [0.717, 1.165) is 25.2 Å². The van der Waals surface area contributed by atoms with Gasteiger partial charge in [-0.3, -0.25) is 4.98 Å². The molecule has 0 saturated carbocycles. The van der Waals surface area contributed by atoms with Gasteiger partial charge in [0.05, 0.1) is 0 Å². The zero-order chi connectivity index (χ0) is 13.5. The van der Waals surface area contributed by atoms with Crippen molar-refractivity contribution in [2.24, 2.45) is 0 Å². The number of hydrogen-bond donors (Lipinski definition) is 2. The quantitative estimate of drug-likeness (QED) is 0.710. The van der Waals surface area contributed by atoms with Crippen molar-refractivity contribution in [3.05, 3.63) is 42.2 Å². The lowest BCUT2D eigenvalue weighted by atomic mass is 10.0. The molecule has 2 N–H and O–H groups in total. The second kappa shape index (κ2) is 4.58. The lowest BCUT2D eigenvalue weighted by Gasteiger charge is -2.31. The van der Waals surface area contributed by atoms with Crippen LogP contribution in [0.5, 0.6) is 0 Å². The van der Waals surface area contributed by atoms with Crippen molar-refractivity contribution >= 4 is 21.8 Å². The number of benzene rings is 1. The molecule has 4 nitrogen and oxygen atoms in total. The van der Waals surface area contributed by atoms with Crippen molar-refractivity contribution < 1.29 is 0 Å². The molecule has 1 fully saturated rings. The van der Waals surface area contributed by atoms with Gasteiger partial charge in [0, 0.05) is 59.9 Å². The number of hydrogen-bond acceptors (Lipinski definition) is 3. The summed E-state index contributed by atoms with van der Waals surface area (Å²) in [5.74, 6) is 0. The van der Waals surface area contributed by atoms with E-state index in [0.29, 0.717) is 6.04 Å². The largest absolute Gasteiger partial charge is 0.354 e. The predicted molar refractivity (Wildman–Crippen MR) is 81.8 cm³/mol. The number of nitrogens with zero attached hydrogens (tertiary/aromatic N) is 2. The Kier molecular flexibility index (Phi) is 2.72. The van der Waals surface area contributed by atoms with Gasteiger partial charge in [-0.15, -0.1) is 0 Å². The van der Waals surface area contributed by atoms with E-state index in [2.05, 4.69) is 45.4 Å². The molecule has 4 rings (SSSR count). The Bertz CT molecular complexity index is 761. The number of rotatable bonds is 1. The summed E-state index contributed by atoms with van der Waals surface area (Å²) in [6, 6.07) is 9.15. The van der Waals surface area contributed by atoms with E-state index in [1.54, 1.807) is 0 Å². The summed E-state index contributed by atoms with van der Waals surface area (Å²) < 4.78 is 0. The minimum absolute atomic E-state index is 0.416. The third-order valence-electron chi connectivity index (χ3n) is 4.21. The molecule has 102 valence electrons. The van der Waals surface area contributed by atoms with Crippen LogP contribution in [0.2, 0.25) is 0 Å². The normalized spacial score (nSPS) is 20.8. The number of likely N-dealkylation sites (N-methyl/N-ethyl adjacent to an activating group) is 1. The number of piperazine rings is 1. The Morgan fingerprint density at radius 1 is 1.20 bits per heavy atom. The summed E-state index contributed by atoms with van der Waals surface area (Å²) in [4.78, 5) is 10.1. The number of nitrogens with one attached hydrogen (secondary N) is 2. The van der Waals surface area contributed by atoms with Crippen molar-refractivity contribution in [2.75, 3.05) is 26.7 Å². The zero-order valence-corrected chi connectivity index (χ0v) is 11.6. The van der Waals surface area contributed by atoms with Crippen molar-refractivity contribution in [1.82, 2.24) is 20.2 Å². The monoisotopic (exact) mass is 266 g/mol. The van der Waals surface area contributed by atoms with E-state index in [9.17, 15) is 0 Å². The van der Waals surface area contributed by atoms with E-state index in [1.165, 1.54) is 21.9 Å². The molecule has 0 radical (unpaired) electrons. The molecule has 1 unspecified atom stereocenters. The highest BCUT2D eigenvalue weighted by Gasteiger charge is 2.18. The number of fused-ring (bicyclic) bond motifs is 3. The van der Waals surface area contributed by atoms with Crippen LogP contribution in [0, 0.1) is 0 Å². The first-order valence-corrected chi connectivity index (χ1v) is 7.08. The summed E-state index contributed by atoms with van der Waals surface area (Å²) in [5, 5.41) is 6.07. The highest BCUT2D eigenvalue weighted by Crippen LogP contribution is 2.28. The second-order valence-electron chi connectivity index (χ2n) is 5.62. The predicted octanol–water partition coefficient (Wildman–Crippen LogP) is 2.29. The maximum absolute atomic E-state index is 4.25. The van der Waals surface area contributed by atoms with Crippen molar-refractivity contribution in [3.8, 4) is 0 Å². The molecule has 1 aliphatic rings. The van der Waals surface area contributed by atoms with Gasteiger partial charge in [0.2, 0.25) is 0 Å². The smallest absolute Gasteiger partial charge is 0.0495 e. The maximum atomic E-state index is 4.25. The first-order chi connectivity index (χ1) is 9.81. The number of aromatic nitrogens is 2. The molecule has 0 spiro atoms. The van der Waals surface area contributed by atoms with Crippen LogP contribution in [0.1, 0.15) is 11.6 Å². The third kappa shape index (κ3) is 1.88. The van der Waals surface area contributed by atoms with Gasteiger partial charge in [-0.25, -0.2) is 0 Å². The van der Waals surface area contributed by atoms with Gasteiger partial charge < -0.3 is 15.2 Å². The Hall–Kier alpha value is -1.91. The summed E-state index contributed by atoms with van der Waals surface area (Å²) >= 11 is 0. The zero-order valence-electron chi connectivity index (χ0n) is 11.6. The van der Waals surface area contributed by atoms with Gasteiger partial charge in [0.25, 0.3) is 0 Å². The minimum Gasteiger partial charge on any atom is -0.354 e. The Labute approximate surface area is 117 Å². The fourth-order valence-electron chi connectivity index (χ4n) is 3.09. The molecule has 0 amide bonds. The molecule has 0 aliphatic carbocycles. The van der Waals surface area contributed by atoms with Gasteiger partial charge in [-0.2, -0.15) is 0 Å². The molecule has 1 saturated heterocycles. The highest BCUT2D eigenvalue weighted by atomic mass is 15.2. The average Bonchev–Trinajstić information content (AvgIpc) is 2.85. The van der Waals surface area contributed by atoms with Crippen LogP contribution in [0.15, 0.2) is 36.7 Å². The van der Waals surface area contributed by atoms with Crippen molar-refractivity contribution in [1.29, 1.82) is 0 Å². The van der Waals surface area contributed by atoms with Crippen LogP contribution in [0.25, 0.3) is 21.8 Å². The van der Waals surface area contributed by atoms with Gasteiger partial charge in [0.1, 0.15) is 0 Å². The van der Waals surface area contributed by atoms with Gasteiger partial charge in [-0.05, 0) is 30.8 Å². The molecular weight excluding hydrogens is 248 g/mol. The van der Waals surface area contributed by atoms with Crippen LogP contribution in [0.4, 0.5) is 0 Å². The van der Waals surface area contributed by atoms with Crippen LogP contribution < -0.4 is 5.32 Å². The Balaban J connectivity index is 1.83. The van der Waals surface area contributed by atoms with Crippen LogP contribution >= 0.6 is 0 Å². The molecule has 1 aliphatic heterocycles. The van der Waals surface area contributed by atoms with Crippen molar-refractivity contribution in [3.63, 3.8) is 0 Å². The van der Waals surface area contributed by atoms with Crippen LogP contribution in [-0.4, -0.2) is 41.5 Å². The van der Waals surface area contributed by atoms with E-state index >= 15 is 0 Å².